The van der Waals surface area contributed by atoms with Gasteiger partial charge in [0.15, 0.2) is 0 Å². The normalized spacial score (nSPS) is 11.3. The van der Waals surface area contributed by atoms with Crippen molar-refractivity contribution in [3.05, 3.63) is 12.7 Å². The van der Waals surface area contributed by atoms with Gasteiger partial charge in [-0.2, -0.15) is 0 Å². The van der Waals surface area contributed by atoms with Crippen LogP contribution < -0.4 is 0 Å². The van der Waals surface area contributed by atoms with Gasteiger partial charge in [0.2, 0.25) is 0 Å². The summed E-state index contributed by atoms with van der Waals surface area (Å²) in [6, 6.07) is 0. The van der Waals surface area contributed by atoms with E-state index in [9.17, 15) is 4.79 Å². The van der Waals surface area contributed by atoms with Gasteiger partial charge < -0.3 is 61.9 Å². The zero-order valence-electron chi connectivity index (χ0n) is 25.2. The van der Waals surface area contributed by atoms with Crippen LogP contribution in [0.25, 0.3) is 0 Å². The van der Waals surface area contributed by atoms with E-state index >= 15 is 0 Å². The molecule has 0 atom stereocenters. The van der Waals surface area contributed by atoms with Gasteiger partial charge in [-0.15, -0.1) is 6.58 Å². The zero-order chi connectivity index (χ0) is 30.4. The molecule has 0 amide bonds. The van der Waals surface area contributed by atoms with Crippen LogP contribution in [-0.4, -0.2) is 170 Å². The highest BCUT2D eigenvalue weighted by Crippen LogP contribution is 1.88. The number of carboxylic acids is 1. The lowest BCUT2D eigenvalue weighted by atomic mass is 10.5. The standard InChI is InChI=1S/C28H54O14/c1-2-4-31-6-8-33-10-12-35-14-16-37-18-20-39-22-24-41-26-27-42-25-23-40-21-19-38-17-15-36-13-11-34-9-7-32-5-3-28(29)30/h2H,1,3-27H2,(H,29,30). The van der Waals surface area contributed by atoms with Gasteiger partial charge in [0, 0.05) is 0 Å². The maximum Gasteiger partial charge on any atom is 0.305 e. The van der Waals surface area contributed by atoms with Crippen LogP contribution in [0.2, 0.25) is 0 Å². The molecular formula is C28H54O14. The Bertz CT molecular complexity index is 541. The lowest BCUT2D eigenvalue weighted by molar-refractivity contribution is -0.138. The van der Waals surface area contributed by atoms with Crippen LogP contribution in [0.5, 0.6) is 0 Å². The third-order valence-electron chi connectivity index (χ3n) is 4.79. The van der Waals surface area contributed by atoms with Gasteiger partial charge >= 0.3 is 5.97 Å². The zero-order valence-corrected chi connectivity index (χ0v) is 25.2. The summed E-state index contributed by atoms with van der Waals surface area (Å²) in [5, 5.41) is 8.48. The van der Waals surface area contributed by atoms with Gasteiger partial charge in [0.1, 0.15) is 0 Å². The van der Waals surface area contributed by atoms with E-state index in [-0.39, 0.29) is 13.0 Å². The summed E-state index contributed by atoms with van der Waals surface area (Å²) in [6.07, 6.45) is 1.70. The molecule has 0 aromatic carbocycles. The van der Waals surface area contributed by atoms with Crippen LogP contribution in [0.4, 0.5) is 0 Å². The van der Waals surface area contributed by atoms with Crippen molar-refractivity contribution < 1.29 is 66.7 Å². The summed E-state index contributed by atoms with van der Waals surface area (Å²) in [5.41, 5.74) is 0. The van der Waals surface area contributed by atoms with Gasteiger partial charge in [-0.05, 0) is 0 Å². The summed E-state index contributed by atoms with van der Waals surface area (Å²) in [5.74, 6) is -0.874. The maximum atomic E-state index is 10.3. The van der Waals surface area contributed by atoms with Gasteiger partial charge in [-0.25, -0.2) is 0 Å². The average molecular weight is 615 g/mol. The fourth-order valence-corrected chi connectivity index (χ4v) is 2.75. The number of aliphatic carboxylic acids is 1. The second-order valence-corrected chi connectivity index (χ2v) is 8.24. The van der Waals surface area contributed by atoms with Gasteiger partial charge in [0.05, 0.1) is 165 Å². The van der Waals surface area contributed by atoms with E-state index < -0.39 is 5.97 Å². The van der Waals surface area contributed by atoms with Crippen LogP contribution in [0, 0.1) is 0 Å². The highest BCUT2D eigenvalue weighted by molar-refractivity contribution is 5.66. The Morgan fingerprint density at radius 1 is 0.381 bits per heavy atom. The SMILES string of the molecule is C=CCOCCOCCOCCOCCOCCOCCOCCOCCOCCOCCOCCOCCC(=O)O. The van der Waals surface area contributed by atoms with Crippen LogP contribution in [0.3, 0.4) is 0 Å². The number of rotatable bonds is 38. The third kappa shape index (κ3) is 38.7. The second kappa shape index (κ2) is 37.8. The van der Waals surface area contributed by atoms with Crippen molar-refractivity contribution >= 4 is 5.97 Å². The molecule has 250 valence electrons. The van der Waals surface area contributed by atoms with E-state index in [1.165, 1.54) is 0 Å². The fourth-order valence-electron chi connectivity index (χ4n) is 2.75. The van der Waals surface area contributed by atoms with E-state index in [1.807, 2.05) is 0 Å². The van der Waals surface area contributed by atoms with Gasteiger partial charge in [-0.1, -0.05) is 6.08 Å². The summed E-state index contributed by atoms with van der Waals surface area (Å²) in [6.45, 7) is 15.1. The predicted octanol–water partition coefficient (Wildman–Crippen LogP) is 0.846. The Morgan fingerprint density at radius 2 is 0.571 bits per heavy atom. The monoisotopic (exact) mass is 614 g/mol. The number of hydrogen-bond donors (Lipinski definition) is 1. The lowest BCUT2D eigenvalue weighted by Gasteiger charge is -2.09. The highest BCUT2D eigenvalue weighted by atomic mass is 16.6. The first-order valence-corrected chi connectivity index (χ1v) is 14.5. The first kappa shape index (κ1) is 40.7. The Hall–Kier alpha value is -1.27. The molecule has 0 unspecified atom stereocenters. The summed E-state index contributed by atoms with van der Waals surface area (Å²) in [4.78, 5) is 10.3. The Kier molecular flexibility index (Phi) is 36.6. The molecule has 0 aromatic rings. The molecule has 42 heavy (non-hydrogen) atoms. The molecule has 1 N–H and O–H groups in total. The molecule has 0 heterocycles. The number of carboxylic acid groups (broad SMARTS) is 1. The second-order valence-electron chi connectivity index (χ2n) is 8.24. The third-order valence-corrected chi connectivity index (χ3v) is 4.79. The number of ether oxygens (including phenoxy) is 12. The minimum atomic E-state index is -0.874. The number of hydrogen-bond acceptors (Lipinski definition) is 13. The summed E-state index contributed by atoms with van der Waals surface area (Å²) < 4.78 is 64.4. The Balaban J connectivity index is 3.04. The average Bonchev–Trinajstić information content (AvgIpc) is 2.98. The molecule has 0 aliphatic rings. The predicted molar refractivity (Wildman–Crippen MR) is 152 cm³/mol. The molecule has 0 radical (unpaired) electrons. The van der Waals surface area contributed by atoms with E-state index in [0.717, 1.165) is 0 Å². The van der Waals surface area contributed by atoms with Crippen LogP contribution in [0.1, 0.15) is 6.42 Å². The van der Waals surface area contributed by atoms with Crippen LogP contribution >= 0.6 is 0 Å². The fraction of sp³-hybridized carbons (Fsp3) is 0.893. The van der Waals surface area contributed by atoms with Crippen molar-refractivity contribution in [1.29, 1.82) is 0 Å². The van der Waals surface area contributed by atoms with E-state index in [4.69, 9.17) is 61.9 Å². The van der Waals surface area contributed by atoms with E-state index in [2.05, 4.69) is 6.58 Å². The largest absolute Gasteiger partial charge is 0.481 e. The molecule has 0 saturated heterocycles. The molecule has 0 saturated carbocycles. The van der Waals surface area contributed by atoms with Crippen molar-refractivity contribution in [3.8, 4) is 0 Å². The molecule has 0 bridgehead atoms. The van der Waals surface area contributed by atoms with E-state index in [1.54, 1.807) is 6.08 Å². The smallest absolute Gasteiger partial charge is 0.305 e. The minimum Gasteiger partial charge on any atom is -0.481 e. The summed E-state index contributed by atoms with van der Waals surface area (Å²) >= 11 is 0. The topological polar surface area (TPSA) is 148 Å². The molecule has 14 nitrogen and oxygen atoms in total. The van der Waals surface area contributed by atoms with Crippen molar-refractivity contribution in [2.45, 2.75) is 6.42 Å². The van der Waals surface area contributed by atoms with Crippen molar-refractivity contribution in [2.24, 2.45) is 0 Å². The number of carbonyl (C=O) groups is 1. The molecule has 0 fully saturated rings. The van der Waals surface area contributed by atoms with Crippen molar-refractivity contribution in [2.75, 3.05) is 159 Å². The molecule has 0 rings (SSSR count). The summed E-state index contributed by atoms with van der Waals surface area (Å²) in [7, 11) is 0. The van der Waals surface area contributed by atoms with Crippen LogP contribution in [-0.2, 0) is 61.6 Å². The molecule has 0 spiro atoms. The molecule has 0 aliphatic heterocycles. The quantitative estimate of drug-likeness (QED) is 0.0774. The highest BCUT2D eigenvalue weighted by Gasteiger charge is 1.98. The van der Waals surface area contributed by atoms with Gasteiger partial charge in [0.25, 0.3) is 0 Å². The maximum absolute atomic E-state index is 10.3. The molecule has 14 heteroatoms. The Morgan fingerprint density at radius 3 is 0.762 bits per heavy atom. The van der Waals surface area contributed by atoms with Crippen LogP contribution in [0.15, 0.2) is 12.7 Å². The Labute approximate surface area is 250 Å². The molecule has 0 aromatic heterocycles. The molecule has 0 aliphatic carbocycles. The first-order valence-electron chi connectivity index (χ1n) is 14.5. The van der Waals surface area contributed by atoms with Gasteiger partial charge in [-0.3, -0.25) is 4.79 Å². The van der Waals surface area contributed by atoms with E-state index in [0.29, 0.717) is 152 Å². The van der Waals surface area contributed by atoms with Crippen molar-refractivity contribution in [1.82, 2.24) is 0 Å². The minimum absolute atomic E-state index is 0.00188. The molecular weight excluding hydrogens is 560 g/mol. The first-order chi connectivity index (χ1) is 20.8. The van der Waals surface area contributed by atoms with Crippen molar-refractivity contribution in [3.63, 3.8) is 0 Å². The lowest BCUT2D eigenvalue weighted by Crippen LogP contribution is -2.15.